The Bertz CT molecular complexity index is 203. The monoisotopic (exact) mass is 220 g/mol. The Morgan fingerprint density at radius 2 is 1.80 bits per heavy atom. The molecule has 15 heavy (non-hydrogen) atoms. The topological polar surface area (TPSA) is 99.1 Å². The molecule has 0 aromatic heterocycles. The fourth-order valence-electron chi connectivity index (χ4n) is 0.917. The second kappa shape index (κ2) is 8.16. The molecule has 88 valence electrons. The number of nitrogens with one attached hydrogen (secondary N) is 1. The second-order valence-corrected chi connectivity index (χ2v) is 2.84. The number of aliphatic hydroxyl groups excluding tert-OH is 2. The van der Waals surface area contributed by atoms with Crippen LogP contribution in [0.3, 0.4) is 0 Å². The van der Waals surface area contributed by atoms with Gasteiger partial charge >= 0.3 is 5.97 Å². The van der Waals surface area contributed by atoms with Crippen molar-refractivity contribution in [3.05, 3.63) is 0 Å². The van der Waals surface area contributed by atoms with Crippen molar-refractivity contribution in [1.82, 2.24) is 10.4 Å². The summed E-state index contributed by atoms with van der Waals surface area (Å²) in [5, 5.41) is 17.3. The highest BCUT2D eigenvalue weighted by Crippen LogP contribution is 1.86. The predicted octanol–water partition coefficient (Wildman–Crippen LogP) is -2.13. The van der Waals surface area contributed by atoms with Gasteiger partial charge in [0.05, 0.1) is 19.8 Å². The first-order chi connectivity index (χ1) is 7.10. The van der Waals surface area contributed by atoms with E-state index in [2.05, 4.69) is 4.84 Å². The molecule has 0 aliphatic rings. The van der Waals surface area contributed by atoms with Gasteiger partial charge in [-0.2, -0.15) is 5.48 Å². The molecule has 0 radical (unpaired) electrons. The number of hydroxylamine groups is 1. The Labute approximate surface area is 87.6 Å². The summed E-state index contributed by atoms with van der Waals surface area (Å²) in [4.78, 5) is 27.3. The van der Waals surface area contributed by atoms with Gasteiger partial charge in [-0.1, -0.05) is 0 Å². The highest BCUT2D eigenvalue weighted by atomic mass is 16.7. The van der Waals surface area contributed by atoms with E-state index in [0.717, 1.165) is 0 Å². The smallest absolute Gasteiger partial charge is 0.329 e. The minimum Gasteiger partial charge on any atom is -0.395 e. The van der Waals surface area contributed by atoms with Gasteiger partial charge in [0.15, 0.2) is 0 Å². The summed E-state index contributed by atoms with van der Waals surface area (Å²) in [5.41, 5.74) is 1.94. The zero-order valence-corrected chi connectivity index (χ0v) is 8.60. The minimum atomic E-state index is -0.612. The molecule has 0 fully saturated rings. The van der Waals surface area contributed by atoms with Crippen LogP contribution in [0.25, 0.3) is 0 Å². The lowest BCUT2D eigenvalue weighted by Crippen LogP contribution is -2.40. The molecule has 1 amide bonds. The molecule has 0 aliphatic carbocycles. The van der Waals surface area contributed by atoms with Crippen molar-refractivity contribution in [2.75, 3.05) is 32.8 Å². The van der Waals surface area contributed by atoms with Crippen molar-refractivity contribution in [3.63, 3.8) is 0 Å². The van der Waals surface area contributed by atoms with Crippen molar-refractivity contribution >= 4 is 11.9 Å². The molecular weight excluding hydrogens is 204 g/mol. The number of amides is 1. The number of aliphatic hydroxyl groups is 2. The summed E-state index contributed by atoms with van der Waals surface area (Å²) < 4.78 is 0. The van der Waals surface area contributed by atoms with Gasteiger partial charge in [-0.25, -0.2) is 0 Å². The quantitative estimate of drug-likeness (QED) is 0.442. The highest BCUT2D eigenvalue weighted by molar-refractivity contribution is 5.78. The summed E-state index contributed by atoms with van der Waals surface area (Å²) in [7, 11) is 0. The molecule has 0 atom stereocenters. The van der Waals surface area contributed by atoms with Crippen molar-refractivity contribution in [2.45, 2.75) is 6.92 Å². The maximum Gasteiger partial charge on any atom is 0.329 e. The summed E-state index contributed by atoms with van der Waals surface area (Å²) in [6, 6.07) is 0. The maximum absolute atomic E-state index is 11.1. The van der Waals surface area contributed by atoms with Crippen LogP contribution in [0.4, 0.5) is 0 Å². The van der Waals surface area contributed by atoms with Crippen LogP contribution in [0.5, 0.6) is 0 Å². The van der Waals surface area contributed by atoms with Gasteiger partial charge < -0.3 is 15.1 Å². The fraction of sp³-hybridized carbons (Fsp3) is 0.750. The lowest BCUT2D eigenvalue weighted by atomic mass is 10.4. The molecule has 0 heterocycles. The Morgan fingerprint density at radius 3 is 2.20 bits per heavy atom. The SMILES string of the molecule is CC(=O)ONC(=O)CN(CCO)CCO. The molecule has 0 aromatic carbocycles. The van der Waals surface area contributed by atoms with E-state index < -0.39 is 11.9 Å². The largest absolute Gasteiger partial charge is 0.395 e. The third kappa shape index (κ3) is 7.86. The summed E-state index contributed by atoms with van der Waals surface area (Å²) in [6.07, 6.45) is 0. The molecule has 0 unspecified atom stereocenters. The minimum absolute atomic E-state index is 0.0472. The zero-order valence-electron chi connectivity index (χ0n) is 8.60. The number of carbonyl (C=O) groups is 2. The van der Waals surface area contributed by atoms with Gasteiger partial charge in [0.2, 0.25) is 0 Å². The van der Waals surface area contributed by atoms with Crippen molar-refractivity contribution in [2.24, 2.45) is 0 Å². The first-order valence-corrected chi connectivity index (χ1v) is 4.50. The number of hydrogen-bond donors (Lipinski definition) is 3. The van der Waals surface area contributed by atoms with E-state index in [4.69, 9.17) is 10.2 Å². The third-order valence-electron chi connectivity index (χ3n) is 1.51. The van der Waals surface area contributed by atoms with E-state index in [0.29, 0.717) is 0 Å². The van der Waals surface area contributed by atoms with Crippen LogP contribution in [-0.2, 0) is 14.4 Å². The molecular formula is C8H16N2O5. The predicted molar refractivity (Wildman–Crippen MR) is 50.5 cm³/mol. The lowest BCUT2D eigenvalue weighted by molar-refractivity contribution is -0.156. The standard InChI is InChI=1S/C8H16N2O5/c1-7(13)15-9-8(14)6-10(2-4-11)3-5-12/h11-12H,2-6H2,1H3,(H,9,14). The molecule has 0 aromatic rings. The van der Waals surface area contributed by atoms with E-state index in [1.54, 1.807) is 0 Å². The number of nitrogens with zero attached hydrogens (tertiary/aromatic N) is 1. The Balaban J connectivity index is 3.82. The third-order valence-corrected chi connectivity index (χ3v) is 1.51. The van der Waals surface area contributed by atoms with Gasteiger partial charge in [0, 0.05) is 20.0 Å². The molecule has 0 saturated carbocycles. The van der Waals surface area contributed by atoms with E-state index in [9.17, 15) is 9.59 Å². The number of carbonyl (C=O) groups excluding carboxylic acids is 2. The van der Waals surface area contributed by atoms with Crippen LogP contribution in [0.2, 0.25) is 0 Å². The van der Waals surface area contributed by atoms with Crippen molar-refractivity contribution in [3.8, 4) is 0 Å². The van der Waals surface area contributed by atoms with E-state index in [1.165, 1.54) is 11.8 Å². The van der Waals surface area contributed by atoms with Crippen molar-refractivity contribution in [1.29, 1.82) is 0 Å². The van der Waals surface area contributed by atoms with Crippen LogP contribution >= 0.6 is 0 Å². The number of hydrogen-bond acceptors (Lipinski definition) is 6. The van der Waals surface area contributed by atoms with Crippen LogP contribution in [-0.4, -0.2) is 59.8 Å². The molecule has 0 rings (SSSR count). The molecule has 0 aliphatic heterocycles. The van der Waals surface area contributed by atoms with Gasteiger partial charge in [-0.3, -0.25) is 14.5 Å². The Hall–Kier alpha value is -1.18. The van der Waals surface area contributed by atoms with Gasteiger partial charge in [0.1, 0.15) is 0 Å². The Kier molecular flexibility index (Phi) is 7.51. The van der Waals surface area contributed by atoms with E-state index in [1.807, 2.05) is 5.48 Å². The van der Waals surface area contributed by atoms with Crippen molar-refractivity contribution < 1.29 is 24.6 Å². The average Bonchev–Trinajstić information content (AvgIpc) is 2.15. The van der Waals surface area contributed by atoms with Gasteiger partial charge in [-0.15, -0.1) is 0 Å². The molecule has 0 spiro atoms. The van der Waals surface area contributed by atoms with Crippen LogP contribution in [0.15, 0.2) is 0 Å². The van der Waals surface area contributed by atoms with Crippen LogP contribution < -0.4 is 5.48 Å². The van der Waals surface area contributed by atoms with E-state index in [-0.39, 0.29) is 32.8 Å². The molecule has 0 bridgehead atoms. The highest BCUT2D eigenvalue weighted by Gasteiger charge is 2.10. The summed E-state index contributed by atoms with van der Waals surface area (Å²) in [6.45, 7) is 1.44. The molecule has 0 saturated heterocycles. The maximum atomic E-state index is 11.1. The Morgan fingerprint density at radius 1 is 1.27 bits per heavy atom. The summed E-state index contributed by atoms with van der Waals surface area (Å²) in [5.74, 6) is -1.12. The van der Waals surface area contributed by atoms with Gasteiger partial charge in [0.25, 0.3) is 5.91 Å². The van der Waals surface area contributed by atoms with Gasteiger partial charge in [-0.05, 0) is 0 Å². The zero-order chi connectivity index (χ0) is 11.7. The molecule has 3 N–H and O–H groups in total. The average molecular weight is 220 g/mol. The lowest BCUT2D eigenvalue weighted by Gasteiger charge is -2.18. The normalized spacial score (nSPS) is 10.1. The molecule has 7 nitrogen and oxygen atoms in total. The van der Waals surface area contributed by atoms with Crippen LogP contribution in [0.1, 0.15) is 6.92 Å². The van der Waals surface area contributed by atoms with E-state index >= 15 is 0 Å². The number of rotatable bonds is 6. The van der Waals surface area contributed by atoms with Crippen LogP contribution in [0, 0.1) is 0 Å². The first kappa shape index (κ1) is 13.8. The molecule has 7 heteroatoms. The summed E-state index contributed by atoms with van der Waals surface area (Å²) >= 11 is 0. The first-order valence-electron chi connectivity index (χ1n) is 4.50. The fourth-order valence-corrected chi connectivity index (χ4v) is 0.917. The second-order valence-electron chi connectivity index (χ2n) is 2.84.